The molecule has 1 atom stereocenters. The summed E-state index contributed by atoms with van der Waals surface area (Å²) in [5.74, 6) is 0.112. The van der Waals surface area contributed by atoms with Crippen molar-refractivity contribution in [3.05, 3.63) is 112 Å². The zero-order valence-corrected chi connectivity index (χ0v) is 18.6. The Labute approximate surface area is 190 Å². The molecule has 1 amide bonds. The van der Waals surface area contributed by atoms with Crippen molar-refractivity contribution in [2.24, 2.45) is 0 Å². The normalized spacial score (nSPS) is 16.4. The zero-order valence-electron chi connectivity index (χ0n) is 17.0. The van der Waals surface area contributed by atoms with E-state index in [-0.39, 0.29) is 5.76 Å². The van der Waals surface area contributed by atoms with Crippen molar-refractivity contribution in [1.82, 2.24) is 0 Å². The lowest BCUT2D eigenvalue weighted by molar-refractivity contribution is -0.117. The maximum atomic E-state index is 13.1. The molecular weight excluding hydrogens is 454 g/mol. The molecule has 0 saturated carbocycles. The number of aliphatic hydroxyl groups excluding tert-OH is 1. The van der Waals surface area contributed by atoms with E-state index in [1.165, 1.54) is 0 Å². The van der Waals surface area contributed by atoms with Crippen LogP contribution in [0.4, 0.5) is 5.69 Å². The minimum Gasteiger partial charge on any atom is -0.503 e. The van der Waals surface area contributed by atoms with E-state index in [4.69, 9.17) is 4.74 Å². The fourth-order valence-corrected chi connectivity index (χ4v) is 4.02. The average molecular weight is 476 g/mol. The lowest BCUT2D eigenvalue weighted by Gasteiger charge is -2.27. The molecule has 0 saturated heterocycles. The third kappa shape index (κ3) is 4.42. The van der Waals surface area contributed by atoms with E-state index in [1.54, 1.807) is 12.0 Å². The number of allylic oxidation sites excluding steroid dienone is 1. The monoisotopic (exact) mass is 475 g/mol. The van der Waals surface area contributed by atoms with Gasteiger partial charge in [0.15, 0.2) is 5.76 Å². The first-order valence-corrected chi connectivity index (χ1v) is 10.7. The van der Waals surface area contributed by atoms with E-state index in [9.17, 15) is 9.90 Å². The topological polar surface area (TPSA) is 49.8 Å². The van der Waals surface area contributed by atoms with Crippen molar-refractivity contribution in [1.29, 1.82) is 0 Å². The number of carbonyl (C=O) groups excluding carboxylic acids is 1. The van der Waals surface area contributed by atoms with Gasteiger partial charge >= 0.3 is 0 Å². The van der Waals surface area contributed by atoms with Crippen molar-refractivity contribution in [3.8, 4) is 5.75 Å². The molecule has 0 fully saturated rings. The summed E-state index contributed by atoms with van der Waals surface area (Å²) in [5, 5.41) is 10.8. The third-order valence-electron chi connectivity index (χ3n) is 5.30. The highest BCUT2D eigenvalue weighted by Crippen LogP contribution is 2.42. The van der Waals surface area contributed by atoms with E-state index < -0.39 is 11.9 Å². The first-order chi connectivity index (χ1) is 15.1. The summed E-state index contributed by atoms with van der Waals surface area (Å²) in [7, 11) is 1.60. The van der Waals surface area contributed by atoms with E-state index in [1.807, 2.05) is 91.0 Å². The lowest BCUT2D eigenvalue weighted by Crippen LogP contribution is -2.30. The molecule has 0 bridgehead atoms. The number of hydrogen-bond acceptors (Lipinski definition) is 3. The second kappa shape index (κ2) is 9.23. The van der Waals surface area contributed by atoms with E-state index in [2.05, 4.69) is 15.9 Å². The van der Waals surface area contributed by atoms with Crippen LogP contribution in [0.3, 0.4) is 0 Å². The summed E-state index contributed by atoms with van der Waals surface area (Å²) in [4.78, 5) is 14.8. The van der Waals surface area contributed by atoms with Crippen LogP contribution >= 0.6 is 15.9 Å². The van der Waals surface area contributed by atoms with Gasteiger partial charge in [0, 0.05) is 15.7 Å². The van der Waals surface area contributed by atoms with Crippen LogP contribution in [0.5, 0.6) is 5.75 Å². The SMILES string of the molecule is COc1ccc(N2C(=O)C(O)=C(C/C=C/c3ccccc3)C2c2ccc(Br)cc2)cc1. The summed E-state index contributed by atoms with van der Waals surface area (Å²) >= 11 is 3.47. The van der Waals surface area contributed by atoms with Gasteiger partial charge in [0.1, 0.15) is 5.75 Å². The Morgan fingerprint density at radius 3 is 2.32 bits per heavy atom. The van der Waals surface area contributed by atoms with Crippen molar-refractivity contribution in [3.63, 3.8) is 0 Å². The number of aliphatic hydroxyl groups is 1. The molecule has 0 aliphatic carbocycles. The van der Waals surface area contributed by atoms with Gasteiger partial charge in [0.05, 0.1) is 13.2 Å². The molecule has 0 radical (unpaired) electrons. The van der Waals surface area contributed by atoms with Gasteiger partial charge in [-0.1, -0.05) is 70.5 Å². The molecule has 1 N–H and O–H groups in total. The Balaban J connectivity index is 1.71. The van der Waals surface area contributed by atoms with Crippen LogP contribution in [0.25, 0.3) is 6.08 Å². The van der Waals surface area contributed by atoms with E-state index >= 15 is 0 Å². The number of ether oxygens (including phenoxy) is 1. The van der Waals surface area contributed by atoms with Crippen molar-refractivity contribution in [2.45, 2.75) is 12.5 Å². The molecule has 3 aromatic carbocycles. The molecule has 1 aliphatic heterocycles. The van der Waals surface area contributed by atoms with Crippen LogP contribution in [0.2, 0.25) is 0 Å². The second-order valence-electron chi connectivity index (χ2n) is 7.22. The van der Waals surface area contributed by atoms with Gasteiger partial charge in [-0.3, -0.25) is 9.69 Å². The van der Waals surface area contributed by atoms with Gasteiger partial charge in [-0.15, -0.1) is 0 Å². The number of amides is 1. The number of carbonyl (C=O) groups is 1. The summed E-state index contributed by atoms with van der Waals surface area (Å²) in [6.45, 7) is 0. The average Bonchev–Trinajstić information content (AvgIpc) is 3.05. The van der Waals surface area contributed by atoms with Gasteiger partial charge in [-0.05, 0) is 53.9 Å². The molecule has 5 heteroatoms. The number of rotatable bonds is 6. The summed E-state index contributed by atoms with van der Waals surface area (Å²) in [5.41, 5.74) is 3.38. The minimum absolute atomic E-state index is 0.193. The molecule has 1 heterocycles. The Hall–Kier alpha value is -3.31. The summed E-state index contributed by atoms with van der Waals surface area (Å²) in [6.07, 6.45) is 4.44. The number of halogens is 1. The van der Waals surface area contributed by atoms with Crippen molar-refractivity contribution in [2.75, 3.05) is 12.0 Å². The number of methoxy groups -OCH3 is 1. The van der Waals surface area contributed by atoms with Gasteiger partial charge in [0.25, 0.3) is 5.91 Å². The minimum atomic E-state index is -0.402. The molecule has 156 valence electrons. The molecule has 31 heavy (non-hydrogen) atoms. The highest BCUT2D eigenvalue weighted by atomic mass is 79.9. The second-order valence-corrected chi connectivity index (χ2v) is 8.13. The highest BCUT2D eigenvalue weighted by Gasteiger charge is 2.40. The largest absolute Gasteiger partial charge is 0.503 e. The number of anilines is 1. The van der Waals surface area contributed by atoms with E-state index in [0.29, 0.717) is 23.4 Å². The lowest BCUT2D eigenvalue weighted by atomic mass is 9.96. The zero-order chi connectivity index (χ0) is 21.8. The summed E-state index contributed by atoms with van der Waals surface area (Å²) in [6, 6.07) is 24.7. The predicted molar refractivity (Wildman–Crippen MR) is 127 cm³/mol. The predicted octanol–water partition coefficient (Wildman–Crippen LogP) is 6.46. The van der Waals surface area contributed by atoms with Crippen LogP contribution in [0.15, 0.2) is 101 Å². The van der Waals surface area contributed by atoms with Gasteiger partial charge in [-0.2, -0.15) is 0 Å². The van der Waals surface area contributed by atoms with Gasteiger partial charge in [0.2, 0.25) is 0 Å². The van der Waals surface area contributed by atoms with Crippen molar-refractivity contribution < 1.29 is 14.6 Å². The molecule has 4 nitrogen and oxygen atoms in total. The fourth-order valence-electron chi connectivity index (χ4n) is 3.75. The highest BCUT2D eigenvalue weighted by molar-refractivity contribution is 9.10. The first kappa shape index (κ1) is 20.9. The maximum absolute atomic E-state index is 13.1. The molecule has 0 aromatic heterocycles. The molecule has 3 aromatic rings. The quantitative estimate of drug-likeness (QED) is 0.444. The molecule has 1 unspecified atom stereocenters. The van der Waals surface area contributed by atoms with Crippen molar-refractivity contribution >= 4 is 33.6 Å². The van der Waals surface area contributed by atoms with Crippen LogP contribution < -0.4 is 9.64 Å². The standard InChI is InChI=1S/C26H22BrNO3/c1-31-22-16-14-21(15-17-22)28-24(19-10-12-20(27)13-11-19)23(25(29)26(28)30)9-5-8-18-6-3-2-4-7-18/h2-8,10-17,24,29H,9H2,1H3/b8-5+. The fraction of sp³-hybridized carbons (Fsp3) is 0.115. The van der Waals surface area contributed by atoms with Crippen LogP contribution in [0, 0.1) is 0 Å². The third-order valence-corrected chi connectivity index (χ3v) is 5.83. The summed E-state index contributed by atoms with van der Waals surface area (Å²) < 4.78 is 6.20. The molecular formula is C26H22BrNO3. The number of nitrogens with zero attached hydrogens (tertiary/aromatic N) is 1. The van der Waals surface area contributed by atoms with Crippen LogP contribution in [0.1, 0.15) is 23.6 Å². The Morgan fingerprint density at radius 2 is 1.68 bits per heavy atom. The van der Waals surface area contributed by atoms with E-state index in [0.717, 1.165) is 15.6 Å². The Kier molecular flexibility index (Phi) is 6.23. The van der Waals surface area contributed by atoms with Gasteiger partial charge in [-0.25, -0.2) is 0 Å². The number of hydrogen-bond donors (Lipinski definition) is 1. The van der Waals surface area contributed by atoms with Crippen LogP contribution in [-0.4, -0.2) is 18.1 Å². The molecule has 4 rings (SSSR count). The van der Waals surface area contributed by atoms with Gasteiger partial charge < -0.3 is 9.84 Å². The molecule has 1 aliphatic rings. The Morgan fingerprint density at radius 1 is 1.00 bits per heavy atom. The smallest absolute Gasteiger partial charge is 0.293 e. The number of benzene rings is 3. The maximum Gasteiger partial charge on any atom is 0.293 e. The molecule has 0 spiro atoms. The Bertz CT molecular complexity index is 1120. The van der Waals surface area contributed by atoms with Crippen LogP contribution in [-0.2, 0) is 4.79 Å². The first-order valence-electron chi connectivity index (χ1n) is 9.95.